The summed E-state index contributed by atoms with van der Waals surface area (Å²) in [5.41, 5.74) is 4.65. The van der Waals surface area contributed by atoms with E-state index in [1.165, 1.54) is 11.3 Å². The van der Waals surface area contributed by atoms with Gasteiger partial charge >= 0.3 is 5.97 Å². The van der Waals surface area contributed by atoms with Crippen molar-refractivity contribution in [1.82, 2.24) is 9.13 Å². The summed E-state index contributed by atoms with van der Waals surface area (Å²) in [6, 6.07) is 20.8. The molecule has 45 heavy (non-hydrogen) atoms. The Balaban J connectivity index is 1.54. The molecule has 3 aromatic carbocycles. The predicted molar refractivity (Wildman–Crippen MR) is 183 cm³/mol. The molecule has 0 radical (unpaired) electrons. The van der Waals surface area contributed by atoms with E-state index in [2.05, 4.69) is 38.8 Å². The van der Waals surface area contributed by atoms with Crippen LogP contribution < -0.4 is 19.6 Å². The number of aromatic nitrogens is 2. The van der Waals surface area contributed by atoms with Gasteiger partial charge in [0.25, 0.3) is 5.56 Å². The number of thiazole rings is 1. The summed E-state index contributed by atoms with van der Waals surface area (Å²) in [6.45, 7) is 4.68. The number of hydrogen-bond acceptors (Lipinski definition) is 6. The normalized spacial score (nSPS) is 14.9. The van der Waals surface area contributed by atoms with E-state index in [0.717, 1.165) is 38.5 Å². The van der Waals surface area contributed by atoms with Gasteiger partial charge in [-0.15, -0.1) is 0 Å². The minimum absolute atomic E-state index is 0.214. The summed E-state index contributed by atoms with van der Waals surface area (Å²) in [6.07, 6.45) is 5.36. The monoisotopic (exact) mass is 703 g/mol. The fourth-order valence-corrected chi connectivity index (χ4v) is 7.43. The number of halogens is 2. The molecule has 0 fully saturated rings. The van der Waals surface area contributed by atoms with Gasteiger partial charge in [0.2, 0.25) is 0 Å². The molecule has 1 atom stereocenters. The summed E-state index contributed by atoms with van der Waals surface area (Å²) in [5.74, 6) is 0.179. The van der Waals surface area contributed by atoms with Crippen molar-refractivity contribution in [2.24, 2.45) is 4.99 Å². The number of rotatable bonds is 9. The number of hydrogen-bond donors (Lipinski definition) is 0. The van der Waals surface area contributed by atoms with Crippen molar-refractivity contribution < 1.29 is 14.3 Å². The van der Waals surface area contributed by atoms with Crippen LogP contribution in [0.2, 0.25) is 5.02 Å². The van der Waals surface area contributed by atoms with Crippen LogP contribution in [0, 0.1) is 0 Å². The van der Waals surface area contributed by atoms with Crippen LogP contribution in [-0.4, -0.2) is 28.8 Å². The van der Waals surface area contributed by atoms with Crippen LogP contribution in [0.4, 0.5) is 0 Å². The lowest BCUT2D eigenvalue weighted by Crippen LogP contribution is -2.40. The minimum atomic E-state index is -0.711. The lowest BCUT2D eigenvalue weighted by molar-refractivity contribution is -0.139. The number of nitrogens with zero attached hydrogens (tertiary/aromatic N) is 3. The van der Waals surface area contributed by atoms with Gasteiger partial charge in [-0.2, -0.15) is 0 Å². The minimum Gasteiger partial charge on any atom is -0.496 e. The van der Waals surface area contributed by atoms with Gasteiger partial charge in [-0.25, -0.2) is 9.79 Å². The summed E-state index contributed by atoms with van der Waals surface area (Å²) >= 11 is 11.0. The van der Waals surface area contributed by atoms with E-state index in [4.69, 9.17) is 26.1 Å². The summed E-state index contributed by atoms with van der Waals surface area (Å²) in [5, 5.41) is 1.73. The number of ether oxygens (including phenoxy) is 2. The van der Waals surface area contributed by atoms with Crippen LogP contribution in [0.3, 0.4) is 0 Å². The van der Waals surface area contributed by atoms with Crippen molar-refractivity contribution in [3.63, 3.8) is 0 Å². The Morgan fingerprint density at radius 2 is 1.89 bits per heavy atom. The lowest BCUT2D eigenvalue weighted by atomic mass is 9.94. The maximum atomic E-state index is 14.3. The van der Waals surface area contributed by atoms with E-state index in [9.17, 15) is 9.59 Å². The quantitative estimate of drug-likeness (QED) is 0.155. The van der Waals surface area contributed by atoms with Crippen molar-refractivity contribution in [3.05, 3.63) is 130 Å². The zero-order chi connectivity index (χ0) is 31.7. The lowest BCUT2D eigenvalue weighted by Gasteiger charge is -2.26. The molecule has 0 saturated carbocycles. The molecule has 2 aromatic heterocycles. The molecule has 5 aromatic rings. The highest BCUT2D eigenvalue weighted by Crippen LogP contribution is 2.36. The number of carbonyl (C=O) groups excluding carboxylic acids is 1. The summed E-state index contributed by atoms with van der Waals surface area (Å²) in [7, 11) is 1.60. The Morgan fingerprint density at radius 3 is 2.60 bits per heavy atom. The Hall–Kier alpha value is -3.92. The molecule has 3 heterocycles. The number of fused-ring (bicyclic) bond motifs is 2. The van der Waals surface area contributed by atoms with E-state index >= 15 is 0 Å². The second kappa shape index (κ2) is 13.2. The van der Waals surface area contributed by atoms with Crippen LogP contribution in [0.25, 0.3) is 17.0 Å². The van der Waals surface area contributed by atoms with E-state index < -0.39 is 12.0 Å². The Morgan fingerprint density at radius 1 is 1.11 bits per heavy atom. The molecule has 0 saturated heterocycles. The second-order valence-corrected chi connectivity index (χ2v) is 13.0. The molecular formula is C35H31BrClN3O4S. The molecule has 0 bridgehead atoms. The SMILES string of the molecule is CCCC1=C(C(=O)OCC)[C@@H](c2ccc(OC)c(Br)c2)n2c(s/c(=C/c3cn(Cc4ccc(Cl)cc4)c4ccccc34)c2=O)=N1. The molecule has 0 N–H and O–H groups in total. The third kappa shape index (κ3) is 6.04. The van der Waals surface area contributed by atoms with Crippen LogP contribution in [0.15, 0.2) is 98.5 Å². The van der Waals surface area contributed by atoms with Crippen LogP contribution in [0.5, 0.6) is 5.75 Å². The van der Waals surface area contributed by atoms with E-state index in [-0.39, 0.29) is 12.2 Å². The number of esters is 1. The molecule has 6 rings (SSSR count). The molecule has 0 spiro atoms. The van der Waals surface area contributed by atoms with Gasteiger partial charge < -0.3 is 14.0 Å². The standard InChI is InChI=1S/C35H31BrClN3O4S/c1-4-8-27-31(34(42)44-5-2)32(22-13-16-29(43-3)26(36)17-22)40-33(41)30(45-35(40)38-27)18-23-20-39(28-10-7-6-9-25(23)28)19-21-11-14-24(37)15-12-21/h6-7,9-18,20,32H,4-5,8,19H2,1-3H3/b30-18+/t32-/m1/s1. The fourth-order valence-electron chi connectivity index (χ4n) is 5.74. The first-order valence-electron chi connectivity index (χ1n) is 14.7. The number of para-hydroxylation sites is 1. The van der Waals surface area contributed by atoms with Crippen LogP contribution >= 0.6 is 38.9 Å². The first-order chi connectivity index (χ1) is 21.8. The Kier molecular flexibility index (Phi) is 9.12. The van der Waals surface area contributed by atoms with Crippen molar-refractivity contribution in [2.45, 2.75) is 39.3 Å². The molecule has 230 valence electrons. The number of carbonyl (C=O) groups is 1. The highest BCUT2D eigenvalue weighted by atomic mass is 79.9. The highest BCUT2D eigenvalue weighted by Gasteiger charge is 2.34. The fraction of sp³-hybridized carbons (Fsp3) is 0.229. The molecular weight excluding hydrogens is 674 g/mol. The largest absolute Gasteiger partial charge is 0.496 e. The van der Waals surface area contributed by atoms with Crippen molar-refractivity contribution in [3.8, 4) is 5.75 Å². The van der Waals surface area contributed by atoms with Crippen LogP contribution in [0.1, 0.15) is 49.4 Å². The third-order valence-electron chi connectivity index (χ3n) is 7.76. The Labute approximate surface area is 277 Å². The Bertz CT molecular complexity index is 2130. The smallest absolute Gasteiger partial charge is 0.338 e. The van der Waals surface area contributed by atoms with E-state index in [0.29, 0.717) is 44.3 Å². The molecule has 0 aliphatic carbocycles. The van der Waals surface area contributed by atoms with Crippen molar-refractivity contribution in [1.29, 1.82) is 0 Å². The van der Waals surface area contributed by atoms with Gasteiger partial charge in [-0.3, -0.25) is 9.36 Å². The number of benzene rings is 3. The zero-order valence-electron chi connectivity index (χ0n) is 25.1. The molecule has 10 heteroatoms. The van der Waals surface area contributed by atoms with Gasteiger partial charge in [-0.05, 0) is 76.8 Å². The first kappa shape index (κ1) is 31.1. The van der Waals surface area contributed by atoms with Gasteiger partial charge in [0.1, 0.15) is 5.75 Å². The van der Waals surface area contributed by atoms with E-state index in [1.807, 2.05) is 67.6 Å². The molecule has 1 aliphatic heterocycles. The number of allylic oxidation sites excluding steroid dienone is 1. The molecule has 1 aliphatic rings. The van der Waals surface area contributed by atoms with Gasteiger partial charge in [0.15, 0.2) is 4.80 Å². The van der Waals surface area contributed by atoms with Crippen LogP contribution in [-0.2, 0) is 16.1 Å². The number of methoxy groups -OCH3 is 1. The third-order valence-corrected chi connectivity index (χ3v) is 9.61. The van der Waals surface area contributed by atoms with Crippen molar-refractivity contribution in [2.75, 3.05) is 13.7 Å². The molecule has 0 amide bonds. The summed E-state index contributed by atoms with van der Waals surface area (Å²) < 4.78 is 16.0. The van der Waals surface area contributed by atoms with Crippen molar-refractivity contribution >= 4 is 61.8 Å². The average molecular weight is 705 g/mol. The second-order valence-electron chi connectivity index (χ2n) is 10.7. The van der Waals surface area contributed by atoms with E-state index in [1.54, 1.807) is 18.6 Å². The molecule has 7 nitrogen and oxygen atoms in total. The first-order valence-corrected chi connectivity index (χ1v) is 16.7. The molecule has 0 unspecified atom stereocenters. The topological polar surface area (TPSA) is 74.8 Å². The van der Waals surface area contributed by atoms with Gasteiger partial charge in [0.05, 0.1) is 40.0 Å². The maximum Gasteiger partial charge on any atom is 0.338 e. The maximum absolute atomic E-state index is 14.3. The average Bonchev–Trinajstić information content (AvgIpc) is 3.54. The van der Waals surface area contributed by atoms with Gasteiger partial charge in [-0.1, -0.05) is 72.7 Å². The predicted octanol–water partition coefficient (Wildman–Crippen LogP) is 7.01. The van der Waals surface area contributed by atoms with Gasteiger partial charge in [0, 0.05) is 34.2 Å². The zero-order valence-corrected chi connectivity index (χ0v) is 28.2. The highest BCUT2D eigenvalue weighted by molar-refractivity contribution is 9.10. The summed E-state index contributed by atoms with van der Waals surface area (Å²) in [4.78, 5) is 33.3.